The molecule has 9 nitrogen and oxygen atoms in total. The molecule has 3 heterocycles. The second-order valence-electron chi connectivity index (χ2n) is 7.91. The van der Waals surface area contributed by atoms with Crippen molar-refractivity contribution in [2.75, 3.05) is 30.5 Å². The third kappa shape index (κ3) is 4.66. The molecule has 0 spiro atoms. The van der Waals surface area contributed by atoms with Gasteiger partial charge in [-0.25, -0.2) is 8.42 Å². The molecule has 1 aliphatic rings. The monoisotopic (exact) mass is 456 g/mol. The highest BCUT2D eigenvalue weighted by molar-refractivity contribution is 7.90. The second-order valence-corrected chi connectivity index (χ2v) is 10.0. The Hall–Kier alpha value is -3.24. The number of rotatable bonds is 6. The van der Waals surface area contributed by atoms with E-state index in [1.54, 1.807) is 11.0 Å². The Morgan fingerprint density at radius 3 is 2.72 bits per heavy atom. The third-order valence-corrected chi connectivity index (χ3v) is 6.09. The molecule has 1 aliphatic heterocycles. The molecule has 1 fully saturated rings. The van der Waals surface area contributed by atoms with Crippen LogP contribution in [0, 0.1) is 5.41 Å². The Morgan fingerprint density at radius 1 is 1.28 bits per heavy atom. The van der Waals surface area contributed by atoms with E-state index in [-0.39, 0.29) is 23.2 Å². The first-order valence-corrected chi connectivity index (χ1v) is 12.2. The number of hydrogen-bond acceptors (Lipinski definition) is 8. The Labute approximate surface area is 185 Å². The maximum Gasteiger partial charge on any atom is 0.272 e. The lowest BCUT2D eigenvalue weighted by molar-refractivity contribution is 0.0541. The van der Waals surface area contributed by atoms with Crippen LogP contribution in [0.2, 0.25) is 0 Å². The molecule has 0 unspecified atom stereocenters. The Balaban J connectivity index is 1.69. The summed E-state index contributed by atoms with van der Waals surface area (Å²) in [5.41, 5.74) is 2.08. The van der Waals surface area contributed by atoms with E-state index in [1.807, 2.05) is 18.2 Å². The van der Waals surface area contributed by atoms with Crippen LogP contribution in [0.25, 0.3) is 11.0 Å². The number of para-hydroxylation sites is 1. The molecule has 3 N–H and O–H groups in total. The van der Waals surface area contributed by atoms with Crippen molar-refractivity contribution in [1.29, 1.82) is 5.41 Å². The fraction of sp³-hybridized carbons (Fsp3) is 0.318. The van der Waals surface area contributed by atoms with Crippen molar-refractivity contribution in [3.63, 3.8) is 0 Å². The van der Waals surface area contributed by atoms with E-state index in [0.717, 1.165) is 11.6 Å². The van der Waals surface area contributed by atoms with Gasteiger partial charge in [-0.05, 0) is 25.0 Å². The number of likely N-dealkylation sites (tertiary alicyclic amines) is 1. The number of amides is 1. The van der Waals surface area contributed by atoms with Gasteiger partial charge < -0.3 is 19.7 Å². The number of benzene rings is 1. The zero-order chi connectivity index (χ0) is 22.9. The molecule has 0 atom stereocenters. The van der Waals surface area contributed by atoms with Gasteiger partial charge in [0.2, 0.25) is 0 Å². The van der Waals surface area contributed by atoms with E-state index >= 15 is 0 Å². The second kappa shape index (κ2) is 8.71. The number of hydrogen-bond donors (Lipinski definition) is 3. The number of furan rings is 1. The van der Waals surface area contributed by atoms with E-state index < -0.39 is 15.9 Å². The number of pyridine rings is 1. The van der Waals surface area contributed by atoms with Crippen LogP contribution in [0.3, 0.4) is 0 Å². The number of fused-ring (bicyclic) bond motifs is 1. The lowest BCUT2D eigenvalue weighted by atomic mass is 10.0. The minimum Gasteiger partial charge on any atom is -0.464 e. The molecule has 10 heteroatoms. The van der Waals surface area contributed by atoms with Crippen LogP contribution in [0.5, 0.6) is 0 Å². The summed E-state index contributed by atoms with van der Waals surface area (Å²) in [4.78, 5) is 18.8. The molecule has 0 aliphatic carbocycles. The Morgan fingerprint density at radius 2 is 2.00 bits per heavy atom. The number of nitrogens with one attached hydrogen (secondary N) is 2. The van der Waals surface area contributed by atoms with Crippen LogP contribution >= 0.6 is 0 Å². The number of piperidine rings is 1. The quantitative estimate of drug-likeness (QED) is 0.484. The molecule has 1 amide bonds. The van der Waals surface area contributed by atoms with E-state index in [0.29, 0.717) is 48.3 Å². The van der Waals surface area contributed by atoms with Gasteiger partial charge in [-0.3, -0.25) is 15.2 Å². The number of carbonyl (C=O) groups excluding carboxylic acids is 1. The predicted octanol–water partition coefficient (Wildman–Crippen LogP) is 2.25. The Bertz CT molecular complexity index is 1280. The van der Waals surface area contributed by atoms with Gasteiger partial charge in [-0.1, -0.05) is 18.2 Å². The molecule has 0 bridgehead atoms. The van der Waals surface area contributed by atoms with Gasteiger partial charge in [0.25, 0.3) is 5.91 Å². The first kappa shape index (κ1) is 22.0. The maximum absolute atomic E-state index is 12.9. The number of anilines is 1. The average molecular weight is 457 g/mol. The summed E-state index contributed by atoms with van der Waals surface area (Å²) in [7, 11) is -3.36. The van der Waals surface area contributed by atoms with Gasteiger partial charge in [0.15, 0.2) is 9.84 Å². The van der Waals surface area contributed by atoms with E-state index in [4.69, 9.17) is 9.83 Å². The summed E-state index contributed by atoms with van der Waals surface area (Å²) in [5.74, 6) is -0.654. The molecule has 168 valence electrons. The molecule has 3 aromatic rings. The normalized spacial score (nSPS) is 15.1. The summed E-state index contributed by atoms with van der Waals surface area (Å²) < 4.78 is 29.0. The minimum atomic E-state index is -3.36. The standard InChI is InChI=1S/C22H24N4O5S/c1-32(29,30)13-25-18-10-19(22(28)26-8-6-14(27)7-9-26)24-11-16(18)21(23)17-12-31-20-5-3-2-4-15(17)20/h2-5,10-12,14,23,27H,6-9,13H2,1H3,(H,24,25). The van der Waals surface area contributed by atoms with Crippen LogP contribution < -0.4 is 5.32 Å². The molecular formula is C22H24N4O5S. The van der Waals surface area contributed by atoms with E-state index in [2.05, 4.69) is 10.3 Å². The SMILES string of the molecule is CS(=O)(=O)CNc1cc(C(=O)N2CCC(O)CC2)ncc1C(=N)c1coc2ccccc12. The summed E-state index contributed by atoms with van der Waals surface area (Å²) in [6.45, 7) is 0.846. The lowest BCUT2D eigenvalue weighted by Crippen LogP contribution is -2.40. The third-order valence-electron chi connectivity index (χ3n) is 5.42. The zero-order valence-corrected chi connectivity index (χ0v) is 18.4. The first-order valence-electron chi connectivity index (χ1n) is 10.2. The minimum absolute atomic E-state index is 0.0959. The lowest BCUT2D eigenvalue weighted by Gasteiger charge is -2.29. The summed E-state index contributed by atoms with van der Waals surface area (Å²) >= 11 is 0. The zero-order valence-electron chi connectivity index (χ0n) is 17.5. The van der Waals surface area contributed by atoms with Crippen LogP contribution in [-0.4, -0.2) is 66.4 Å². The highest BCUT2D eigenvalue weighted by Crippen LogP contribution is 2.27. The molecule has 32 heavy (non-hydrogen) atoms. The van der Waals surface area contributed by atoms with E-state index in [1.165, 1.54) is 18.5 Å². The van der Waals surface area contributed by atoms with Gasteiger partial charge in [0.1, 0.15) is 23.4 Å². The van der Waals surface area contributed by atoms with Crippen LogP contribution in [0.1, 0.15) is 34.5 Å². The summed E-state index contributed by atoms with van der Waals surface area (Å²) in [6, 6.07) is 8.78. The van der Waals surface area contributed by atoms with Gasteiger partial charge in [0.05, 0.1) is 11.8 Å². The average Bonchev–Trinajstić information content (AvgIpc) is 3.21. The molecule has 2 aromatic heterocycles. The van der Waals surface area contributed by atoms with Crippen molar-refractivity contribution in [3.8, 4) is 0 Å². The molecule has 0 radical (unpaired) electrons. The topological polar surface area (TPSA) is 137 Å². The molecular weight excluding hydrogens is 432 g/mol. The van der Waals surface area contributed by atoms with Crippen molar-refractivity contribution < 1.29 is 22.7 Å². The van der Waals surface area contributed by atoms with Crippen molar-refractivity contribution in [1.82, 2.24) is 9.88 Å². The fourth-order valence-electron chi connectivity index (χ4n) is 3.67. The number of aromatic nitrogens is 1. The molecule has 4 rings (SSSR count). The van der Waals surface area contributed by atoms with Gasteiger partial charge >= 0.3 is 0 Å². The van der Waals surface area contributed by atoms with Crippen molar-refractivity contribution >= 4 is 38.1 Å². The highest BCUT2D eigenvalue weighted by atomic mass is 32.2. The number of aliphatic hydroxyl groups excluding tert-OH is 1. The largest absolute Gasteiger partial charge is 0.464 e. The summed E-state index contributed by atoms with van der Waals surface area (Å²) in [6.07, 6.45) is 4.57. The van der Waals surface area contributed by atoms with Crippen LogP contribution in [0.15, 0.2) is 47.2 Å². The number of nitrogens with zero attached hydrogens (tertiary/aromatic N) is 2. The predicted molar refractivity (Wildman–Crippen MR) is 121 cm³/mol. The first-order chi connectivity index (χ1) is 15.2. The molecule has 1 aromatic carbocycles. The maximum atomic E-state index is 12.9. The van der Waals surface area contributed by atoms with Crippen molar-refractivity contribution in [3.05, 3.63) is 59.6 Å². The smallest absolute Gasteiger partial charge is 0.272 e. The summed E-state index contributed by atoms with van der Waals surface area (Å²) in [5, 5.41) is 22.0. The Kier molecular flexibility index (Phi) is 5.98. The number of sulfone groups is 1. The highest BCUT2D eigenvalue weighted by Gasteiger charge is 2.25. The number of carbonyl (C=O) groups is 1. The van der Waals surface area contributed by atoms with Crippen LogP contribution in [0.4, 0.5) is 5.69 Å². The molecule has 0 saturated carbocycles. The van der Waals surface area contributed by atoms with Crippen LogP contribution in [-0.2, 0) is 9.84 Å². The van der Waals surface area contributed by atoms with Gasteiger partial charge in [-0.15, -0.1) is 0 Å². The van der Waals surface area contributed by atoms with Gasteiger partial charge in [0, 0.05) is 47.7 Å². The number of aliphatic hydroxyl groups is 1. The fourth-order valence-corrected chi connectivity index (χ4v) is 4.09. The van der Waals surface area contributed by atoms with E-state index in [9.17, 15) is 18.3 Å². The van der Waals surface area contributed by atoms with Crippen molar-refractivity contribution in [2.24, 2.45) is 0 Å². The molecule has 1 saturated heterocycles. The van der Waals surface area contributed by atoms with Crippen molar-refractivity contribution in [2.45, 2.75) is 18.9 Å². The van der Waals surface area contributed by atoms with Gasteiger partial charge in [-0.2, -0.15) is 0 Å².